The highest BCUT2D eigenvalue weighted by molar-refractivity contribution is 9.10. The average molecular weight is 469 g/mol. The molecule has 0 N–H and O–H groups in total. The molecule has 6 nitrogen and oxygen atoms in total. The highest BCUT2D eigenvalue weighted by atomic mass is 79.9. The molecule has 30 heavy (non-hydrogen) atoms. The fourth-order valence-corrected chi connectivity index (χ4v) is 3.74. The summed E-state index contributed by atoms with van der Waals surface area (Å²) in [5.74, 6) is 1.26. The summed E-state index contributed by atoms with van der Waals surface area (Å²) in [5, 5.41) is 6.19. The average Bonchev–Trinajstić information content (AvgIpc) is 3.40. The van der Waals surface area contributed by atoms with Crippen molar-refractivity contribution in [3.05, 3.63) is 81.7 Å². The standard InChI is InChI=1S/C23H21BrN2O4/c1-14-4-6-15(7-5-14)20-13-19(16-10-17(28-2)12-18(11-16)29-3)25-26(20)23(27)21-8-9-22(24)30-21/h4-12,20H,13H2,1-3H3/t20-/m0/s1. The number of methoxy groups -OCH3 is 2. The zero-order valence-corrected chi connectivity index (χ0v) is 18.5. The van der Waals surface area contributed by atoms with Crippen LogP contribution >= 0.6 is 15.9 Å². The summed E-state index contributed by atoms with van der Waals surface area (Å²) < 4.78 is 16.8. The van der Waals surface area contributed by atoms with Crippen molar-refractivity contribution in [1.29, 1.82) is 0 Å². The smallest absolute Gasteiger partial charge is 0.310 e. The van der Waals surface area contributed by atoms with Crippen LogP contribution in [-0.2, 0) is 0 Å². The van der Waals surface area contributed by atoms with Gasteiger partial charge in [0.15, 0.2) is 10.4 Å². The Morgan fingerprint density at radius 2 is 1.73 bits per heavy atom. The quantitative estimate of drug-likeness (QED) is 0.505. The van der Waals surface area contributed by atoms with Crippen molar-refractivity contribution in [2.75, 3.05) is 14.2 Å². The fourth-order valence-electron chi connectivity index (χ4n) is 3.44. The maximum Gasteiger partial charge on any atom is 0.310 e. The van der Waals surface area contributed by atoms with Crippen LogP contribution < -0.4 is 9.47 Å². The number of halogens is 1. The van der Waals surface area contributed by atoms with Crippen LogP contribution in [0, 0.1) is 6.92 Å². The van der Waals surface area contributed by atoms with E-state index in [1.807, 2.05) is 43.3 Å². The van der Waals surface area contributed by atoms with Crippen molar-refractivity contribution >= 4 is 27.5 Å². The molecule has 0 fully saturated rings. The number of hydrogen-bond acceptors (Lipinski definition) is 5. The van der Waals surface area contributed by atoms with Gasteiger partial charge in [-0.2, -0.15) is 5.10 Å². The molecule has 2 heterocycles. The third kappa shape index (κ3) is 3.98. The second-order valence-electron chi connectivity index (χ2n) is 7.03. The lowest BCUT2D eigenvalue weighted by atomic mass is 9.97. The van der Waals surface area contributed by atoms with Crippen LogP contribution in [0.2, 0.25) is 0 Å². The molecule has 1 aliphatic rings. The topological polar surface area (TPSA) is 64.3 Å². The Kier molecular flexibility index (Phi) is 5.63. The van der Waals surface area contributed by atoms with Crippen LogP contribution in [0.5, 0.6) is 11.5 Å². The van der Waals surface area contributed by atoms with Gasteiger partial charge in [0, 0.05) is 18.1 Å². The first kappa shape index (κ1) is 20.2. The minimum Gasteiger partial charge on any atom is -0.497 e. The first-order valence-corrected chi connectivity index (χ1v) is 10.2. The number of furan rings is 1. The number of carbonyl (C=O) groups excluding carboxylic acids is 1. The molecular formula is C23H21BrN2O4. The molecule has 0 radical (unpaired) electrons. The van der Waals surface area contributed by atoms with E-state index in [0.29, 0.717) is 22.6 Å². The molecule has 3 aromatic rings. The lowest BCUT2D eigenvalue weighted by molar-refractivity contribution is 0.0677. The number of aryl methyl sites for hydroxylation is 1. The van der Waals surface area contributed by atoms with E-state index in [9.17, 15) is 4.79 Å². The number of hydrazone groups is 1. The Morgan fingerprint density at radius 3 is 2.30 bits per heavy atom. The van der Waals surface area contributed by atoms with Crippen LogP contribution in [0.1, 0.15) is 39.7 Å². The van der Waals surface area contributed by atoms with Crippen LogP contribution in [0.25, 0.3) is 0 Å². The van der Waals surface area contributed by atoms with Crippen LogP contribution in [0.3, 0.4) is 0 Å². The molecule has 1 atom stereocenters. The molecule has 0 saturated heterocycles. The molecule has 1 aliphatic heterocycles. The third-order valence-electron chi connectivity index (χ3n) is 5.05. The van der Waals surface area contributed by atoms with E-state index in [2.05, 4.69) is 21.0 Å². The van der Waals surface area contributed by atoms with E-state index in [4.69, 9.17) is 13.9 Å². The maximum absolute atomic E-state index is 13.2. The summed E-state index contributed by atoms with van der Waals surface area (Å²) in [7, 11) is 3.21. The summed E-state index contributed by atoms with van der Waals surface area (Å²) >= 11 is 3.26. The van der Waals surface area contributed by atoms with Gasteiger partial charge in [-0.25, -0.2) is 5.01 Å². The fraction of sp³-hybridized carbons (Fsp3) is 0.217. The predicted octanol–water partition coefficient (Wildman–Crippen LogP) is 5.36. The summed E-state index contributed by atoms with van der Waals surface area (Å²) in [6, 6.07) is 16.8. The van der Waals surface area contributed by atoms with Gasteiger partial charge in [-0.05, 0) is 52.7 Å². The number of benzene rings is 2. The summed E-state index contributed by atoms with van der Waals surface area (Å²) in [4.78, 5) is 13.2. The largest absolute Gasteiger partial charge is 0.497 e. The molecule has 154 valence electrons. The van der Waals surface area contributed by atoms with Gasteiger partial charge >= 0.3 is 5.91 Å². The van der Waals surface area contributed by atoms with Gasteiger partial charge in [0.25, 0.3) is 0 Å². The Hall–Kier alpha value is -3.06. The van der Waals surface area contributed by atoms with Crippen molar-refractivity contribution in [2.24, 2.45) is 5.10 Å². The van der Waals surface area contributed by atoms with Crippen molar-refractivity contribution < 1.29 is 18.7 Å². The second-order valence-corrected chi connectivity index (χ2v) is 7.81. The Balaban J connectivity index is 1.75. The van der Waals surface area contributed by atoms with E-state index in [-0.39, 0.29) is 17.7 Å². The molecule has 2 aromatic carbocycles. The zero-order chi connectivity index (χ0) is 21.3. The van der Waals surface area contributed by atoms with Crippen molar-refractivity contribution in [2.45, 2.75) is 19.4 Å². The summed E-state index contributed by atoms with van der Waals surface area (Å²) in [5.41, 5.74) is 3.78. The lowest BCUT2D eigenvalue weighted by Gasteiger charge is -2.21. The van der Waals surface area contributed by atoms with E-state index in [1.54, 1.807) is 32.4 Å². The summed E-state index contributed by atoms with van der Waals surface area (Å²) in [6.45, 7) is 2.03. The molecule has 0 bridgehead atoms. The normalized spacial score (nSPS) is 15.8. The highest BCUT2D eigenvalue weighted by Crippen LogP contribution is 2.36. The van der Waals surface area contributed by atoms with Crippen LogP contribution in [0.15, 0.2) is 68.8 Å². The van der Waals surface area contributed by atoms with Gasteiger partial charge in [0.1, 0.15) is 11.5 Å². The molecule has 0 saturated carbocycles. The van der Waals surface area contributed by atoms with E-state index < -0.39 is 0 Å². The molecular weight excluding hydrogens is 448 g/mol. The number of ether oxygens (including phenoxy) is 2. The van der Waals surface area contributed by atoms with Gasteiger partial charge in [-0.1, -0.05) is 29.8 Å². The first-order chi connectivity index (χ1) is 14.5. The molecule has 0 unspecified atom stereocenters. The number of nitrogens with zero attached hydrogens (tertiary/aromatic N) is 2. The third-order valence-corrected chi connectivity index (χ3v) is 5.48. The predicted molar refractivity (Wildman–Crippen MR) is 117 cm³/mol. The van der Waals surface area contributed by atoms with Crippen LogP contribution in [-0.4, -0.2) is 30.8 Å². The van der Waals surface area contributed by atoms with E-state index in [0.717, 1.165) is 22.4 Å². The molecule has 1 amide bonds. The Labute approximate surface area is 183 Å². The number of hydrogen-bond donors (Lipinski definition) is 0. The van der Waals surface area contributed by atoms with Crippen molar-refractivity contribution in [1.82, 2.24) is 5.01 Å². The van der Waals surface area contributed by atoms with Gasteiger partial charge in [-0.15, -0.1) is 0 Å². The lowest BCUT2D eigenvalue weighted by Crippen LogP contribution is -2.26. The maximum atomic E-state index is 13.2. The Bertz CT molecular complexity index is 1080. The van der Waals surface area contributed by atoms with Gasteiger partial charge in [0.2, 0.25) is 0 Å². The zero-order valence-electron chi connectivity index (χ0n) is 16.9. The molecule has 4 rings (SSSR count). The SMILES string of the molecule is COc1cc(OC)cc(C2=NN(C(=O)c3ccc(Br)o3)[C@H](c3ccc(C)cc3)C2)c1. The second kappa shape index (κ2) is 8.36. The van der Waals surface area contributed by atoms with E-state index in [1.165, 1.54) is 5.01 Å². The molecule has 0 aliphatic carbocycles. The van der Waals surface area contributed by atoms with Crippen molar-refractivity contribution in [3.8, 4) is 11.5 Å². The summed E-state index contributed by atoms with van der Waals surface area (Å²) in [6.07, 6.45) is 0.563. The molecule has 7 heteroatoms. The van der Waals surface area contributed by atoms with E-state index >= 15 is 0 Å². The number of carbonyl (C=O) groups is 1. The Morgan fingerprint density at radius 1 is 1.07 bits per heavy atom. The molecule has 1 aromatic heterocycles. The molecule has 0 spiro atoms. The minimum absolute atomic E-state index is 0.229. The highest BCUT2D eigenvalue weighted by Gasteiger charge is 2.35. The monoisotopic (exact) mass is 468 g/mol. The number of rotatable bonds is 5. The first-order valence-electron chi connectivity index (χ1n) is 9.45. The van der Waals surface area contributed by atoms with Crippen molar-refractivity contribution in [3.63, 3.8) is 0 Å². The minimum atomic E-state index is -0.295. The van der Waals surface area contributed by atoms with Gasteiger partial charge in [-0.3, -0.25) is 4.79 Å². The number of amides is 1. The van der Waals surface area contributed by atoms with Gasteiger partial charge < -0.3 is 13.9 Å². The van der Waals surface area contributed by atoms with Gasteiger partial charge in [0.05, 0.1) is 26.0 Å². The van der Waals surface area contributed by atoms with Crippen LogP contribution in [0.4, 0.5) is 0 Å².